The molecule has 0 spiro atoms. The lowest BCUT2D eigenvalue weighted by Crippen LogP contribution is -2.41. The summed E-state index contributed by atoms with van der Waals surface area (Å²) in [5, 5.41) is 9.38. The smallest absolute Gasteiger partial charge is 0.307 e. The van der Waals surface area contributed by atoms with Gasteiger partial charge in [0.15, 0.2) is 0 Å². The van der Waals surface area contributed by atoms with Crippen LogP contribution in [-0.4, -0.2) is 29.1 Å². The molecule has 0 bridgehead atoms. The Kier molecular flexibility index (Phi) is 5.42. The molecule has 2 heterocycles. The number of carbonyl (C=O) groups is 1. The number of piperidine rings is 1. The van der Waals surface area contributed by atoms with E-state index in [2.05, 4.69) is 26.9 Å². The number of rotatable bonds is 4. The molecule has 0 aliphatic carbocycles. The number of hydrogen-bond acceptors (Lipinski definition) is 3. The van der Waals surface area contributed by atoms with Crippen LogP contribution in [0.5, 0.6) is 0 Å². The zero-order valence-corrected chi connectivity index (χ0v) is 15.6. The second-order valence-corrected chi connectivity index (χ2v) is 8.34. The van der Waals surface area contributed by atoms with Crippen molar-refractivity contribution in [2.45, 2.75) is 18.9 Å². The summed E-state index contributed by atoms with van der Waals surface area (Å²) in [6.07, 6.45) is 1.65. The van der Waals surface area contributed by atoms with E-state index in [1.165, 1.54) is 0 Å². The summed E-state index contributed by atoms with van der Waals surface area (Å²) in [5.74, 6) is -1.01. The molecule has 2 atom stereocenters. The number of carboxylic acid groups (broad SMARTS) is 1. The molecule has 1 aromatic heterocycles. The van der Waals surface area contributed by atoms with Gasteiger partial charge in [-0.25, -0.2) is 0 Å². The zero-order valence-electron chi connectivity index (χ0n) is 12.4. The lowest BCUT2D eigenvalue weighted by molar-refractivity contribution is -0.143. The van der Waals surface area contributed by atoms with Crippen LogP contribution in [-0.2, 0) is 4.79 Å². The Labute approximate surface area is 153 Å². The second-order valence-electron chi connectivity index (χ2n) is 5.74. The molecular formula is C17H17BrClNO2S. The van der Waals surface area contributed by atoms with Crippen LogP contribution in [0.3, 0.4) is 0 Å². The standard InChI is InChI=1S/C17H17BrClNO2S/c18-13-6-2-1-5-12(13)16(14-7-8-15(19)23-14)20-9-3-4-11(10-20)17(21)22/h1-2,5-8,11,16H,3-4,9-10H2,(H,21,22). The van der Waals surface area contributed by atoms with Crippen molar-refractivity contribution < 1.29 is 9.90 Å². The van der Waals surface area contributed by atoms with Crippen LogP contribution >= 0.6 is 38.9 Å². The van der Waals surface area contributed by atoms with Crippen LogP contribution in [0.4, 0.5) is 0 Å². The molecule has 3 nitrogen and oxygen atoms in total. The minimum atomic E-state index is -0.704. The summed E-state index contributed by atoms with van der Waals surface area (Å²) in [6.45, 7) is 1.46. The predicted molar refractivity (Wildman–Crippen MR) is 97.2 cm³/mol. The summed E-state index contributed by atoms with van der Waals surface area (Å²) in [7, 11) is 0. The molecule has 1 N–H and O–H groups in total. The van der Waals surface area contributed by atoms with Crippen LogP contribution in [0.2, 0.25) is 4.34 Å². The predicted octanol–water partition coefficient (Wildman–Crippen LogP) is 5.05. The van der Waals surface area contributed by atoms with Crippen LogP contribution in [0.15, 0.2) is 40.9 Å². The SMILES string of the molecule is O=C(O)C1CCCN(C(c2ccc(Cl)s2)c2ccccc2Br)C1. The number of carboxylic acids is 1. The molecule has 0 amide bonds. The van der Waals surface area contributed by atoms with E-state index < -0.39 is 5.97 Å². The topological polar surface area (TPSA) is 40.5 Å². The Morgan fingerprint density at radius 3 is 2.78 bits per heavy atom. The van der Waals surface area contributed by atoms with E-state index in [0.717, 1.165) is 38.6 Å². The van der Waals surface area contributed by atoms with Gasteiger partial charge in [0, 0.05) is 15.9 Å². The largest absolute Gasteiger partial charge is 0.481 e. The summed E-state index contributed by atoms with van der Waals surface area (Å²) in [4.78, 5) is 14.8. The van der Waals surface area contributed by atoms with E-state index in [4.69, 9.17) is 11.6 Å². The highest BCUT2D eigenvalue weighted by Crippen LogP contribution is 2.39. The number of nitrogens with zero attached hydrogens (tertiary/aromatic N) is 1. The van der Waals surface area contributed by atoms with Crippen LogP contribution in [0.25, 0.3) is 0 Å². The fourth-order valence-corrected chi connectivity index (χ4v) is 4.86. The van der Waals surface area contributed by atoms with Gasteiger partial charge in [-0.05, 0) is 43.1 Å². The first-order valence-electron chi connectivity index (χ1n) is 7.53. The van der Waals surface area contributed by atoms with E-state index in [-0.39, 0.29) is 12.0 Å². The lowest BCUT2D eigenvalue weighted by atomic mass is 9.94. The number of benzene rings is 1. The molecule has 1 aliphatic rings. The van der Waals surface area contributed by atoms with Gasteiger partial charge in [0.05, 0.1) is 16.3 Å². The first-order chi connectivity index (χ1) is 11.1. The third kappa shape index (κ3) is 3.79. The normalized spacial score (nSPS) is 20.3. The van der Waals surface area contributed by atoms with Crippen molar-refractivity contribution in [2.75, 3.05) is 13.1 Å². The molecule has 1 saturated heterocycles. The van der Waals surface area contributed by atoms with Gasteiger partial charge in [0.25, 0.3) is 0 Å². The van der Waals surface area contributed by atoms with Gasteiger partial charge in [-0.3, -0.25) is 9.69 Å². The molecular weight excluding hydrogens is 398 g/mol. The second kappa shape index (κ2) is 7.34. The van der Waals surface area contributed by atoms with E-state index in [1.807, 2.05) is 30.3 Å². The highest BCUT2D eigenvalue weighted by atomic mass is 79.9. The fraction of sp³-hybridized carbons (Fsp3) is 0.353. The molecule has 3 rings (SSSR count). The molecule has 1 aliphatic heterocycles. The third-order valence-corrected chi connectivity index (χ3v) is 6.24. The van der Waals surface area contributed by atoms with Crippen molar-refractivity contribution in [2.24, 2.45) is 5.92 Å². The molecule has 1 fully saturated rings. The Balaban J connectivity index is 1.98. The van der Waals surface area contributed by atoms with Crippen LogP contribution < -0.4 is 0 Å². The van der Waals surface area contributed by atoms with E-state index >= 15 is 0 Å². The Hall–Kier alpha value is -0.880. The average Bonchev–Trinajstić information content (AvgIpc) is 2.96. The molecule has 1 aromatic carbocycles. The van der Waals surface area contributed by atoms with E-state index in [1.54, 1.807) is 11.3 Å². The summed E-state index contributed by atoms with van der Waals surface area (Å²) in [6, 6.07) is 12.1. The molecule has 2 unspecified atom stereocenters. The van der Waals surface area contributed by atoms with E-state index in [0.29, 0.717) is 6.54 Å². The fourth-order valence-electron chi connectivity index (χ4n) is 3.14. The molecule has 122 valence electrons. The molecule has 0 saturated carbocycles. The maximum Gasteiger partial charge on any atom is 0.307 e. The first kappa shape index (κ1) is 17.0. The van der Waals surface area contributed by atoms with Crippen molar-refractivity contribution in [1.29, 1.82) is 0 Å². The minimum Gasteiger partial charge on any atom is -0.481 e. The summed E-state index contributed by atoms with van der Waals surface area (Å²) in [5.41, 5.74) is 1.15. The first-order valence-corrected chi connectivity index (χ1v) is 9.51. The number of likely N-dealkylation sites (tertiary alicyclic amines) is 1. The van der Waals surface area contributed by atoms with Crippen LogP contribution in [0, 0.1) is 5.92 Å². The minimum absolute atomic E-state index is 0.0326. The number of aliphatic carboxylic acids is 1. The molecule has 6 heteroatoms. The highest BCUT2D eigenvalue weighted by molar-refractivity contribution is 9.10. The van der Waals surface area contributed by atoms with Crippen molar-refractivity contribution in [3.05, 3.63) is 55.6 Å². The summed E-state index contributed by atoms with van der Waals surface area (Å²) < 4.78 is 1.79. The number of hydrogen-bond donors (Lipinski definition) is 1. The van der Waals surface area contributed by atoms with Crippen molar-refractivity contribution in [3.8, 4) is 0 Å². The lowest BCUT2D eigenvalue weighted by Gasteiger charge is -2.37. The van der Waals surface area contributed by atoms with E-state index in [9.17, 15) is 9.90 Å². The van der Waals surface area contributed by atoms with Crippen molar-refractivity contribution in [3.63, 3.8) is 0 Å². The molecule has 2 aromatic rings. The van der Waals surface area contributed by atoms with Crippen LogP contribution in [0.1, 0.15) is 29.3 Å². The van der Waals surface area contributed by atoms with Crippen molar-refractivity contribution in [1.82, 2.24) is 4.90 Å². The number of thiophene rings is 1. The average molecular weight is 415 g/mol. The maximum absolute atomic E-state index is 11.4. The van der Waals surface area contributed by atoms with Crippen molar-refractivity contribution >= 4 is 44.8 Å². The highest BCUT2D eigenvalue weighted by Gasteiger charge is 2.32. The molecule has 0 radical (unpaired) electrons. The van der Waals surface area contributed by atoms with Gasteiger partial charge in [0.1, 0.15) is 0 Å². The third-order valence-electron chi connectivity index (χ3n) is 4.23. The number of halogens is 2. The Morgan fingerprint density at radius 2 is 2.13 bits per heavy atom. The van der Waals surface area contributed by atoms with Gasteiger partial charge in [-0.1, -0.05) is 45.7 Å². The Morgan fingerprint density at radius 1 is 1.35 bits per heavy atom. The monoisotopic (exact) mass is 413 g/mol. The quantitative estimate of drug-likeness (QED) is 0.761. The zero-order chi connectivity index (χ0) is 16.4. The Bertz CT molecular complexity index is 705. The van der Waals surface area contributed by atoms with Gasteiger partial charge >= 0.3 is 5.97 Å². The van der Waals surface area contributed by atoms with Gasteiger partial charge in [-0.15, -0.1) is 11.3 Å². The summed E-state index contributed by atoms with van der Waals surface area (Å²) >= 11 is 11.3. The maximum atomic E-state index is 11.4. The molecule has 23 heavy (non-hydrogen) atoms. The van der Waals surface area contributed by atoms with Gasteiger partial charge < -0.3 is 5.11 Å². The van der Waals surface area contributed by atoms with Gasteiger partial charge in [0.2, 0.25) is 0 Å². The van der Waals surface area contributed by atoms with Gasteiger partial charge in [-0.2, -0.15) is 0 Å².